The third-order valence-corrected chi connectivity index (χ3v) is 4.55. The van der Waals surface area contributed by atoms with Crippen LogP contribution in [-0.4, -0.2) is 41.2 Å². The third kappa shape index (κ3) is 5.43. The molecule has 0 aliphatic carbocycles. The molecule has 1 aliphatic heterocycles. The first-order chi connectivity index (χ1) is 11.9. The molecule has 2 heterocycles. The van der Waals surface area contributed by atoms with Gasteiger partial charge in [-0.05, 0) is 64.8 Å². The summed E-state index contributed by atoms with van der Waals surface area (Å²) in [6.45, 7) is 12.8. The standard InChI is InChI=1S/C20H33N3O2/c1-6-8-14-23(19(24)25-20(3,4)5)18-12-11-16(15-21-18)17-10-9-13-22(17)7-2/h11-12,15,17H,6-10,13-14H2,1-5H3. The summed E-state index contributed by atoms with van der Waals surface area (Å²) < 4.78 is 5.55. The van der Waals surface area contributed by atoms with Crippen LogP contribution in [0.1, 0.15) is 71.9 Å². The van der Waals surface area contributed by atoms with Crippen molar-refractivity contribution in [1.29, 1.82) is 0 Å². The van der Waals surface area contributed by atoms with Gasteiger partial charge in [-0.25, -0.2) is 9.78 Å². The Balaban J connectivity index is 2.15. The third-order valence-electron chi connectivity index (χ3n) is 4.55. The maximum atomic E-state index is 12.6. The van der Waals surface area contributed by atoms with Gasteiger partial charge in [-0.2, -0.15) is 0 Å². The van der Waals surface area contributed by atoms with Crippen molar-refractivity contribution >= 4 is 11.9 Å². The molecule has 1 saturated heterocycles. The van der Waals surface area contributed by atoms with Crippen molar-refractivity contribution in [2.45, 2.75) is 71.9 Å². The normalized spacial score (nSPS) is 18.4. The lowest BCUT2D eigenvalue weighted by molar-refractivity contribution is 0.0578. The molecule has 0 spiro atoms. The fraction of sp³-hybridized carbons (Fsp3) is 0.700. The molecule has 1 aromatic rings. The van der Waals surface area contributed by atoms with E-state index in [-0.39, 0.29) is 6.09 Å². The van der Waals surface area contributed by atoms with Gasteiger partial charge in [0.1, 0.15) is 11.4 Å². The SMILES string of the molecule is CCCCN(C(=O)OC(C)(C)C)c1ccc(C2CCCN2CC)cn1. The summed E-state index contributed by atoms with van der Waals surface area (Å²) in [7, 11) is 0. The number of pyridine rings is 1. The van der Waals surface area contributed by atoms with Crippen LogP contribution >= 0.6 is 0 Å². The van der Waals surface area contributed by atoms with Gasteiger partial charge >= 0.3 is 6.09 Å². The largest absolute Gasteiger partial charge is 0.443 e. The summed E-state index contributed by atoms with van der Waals surface area (Å²) >= 11 is 0. The first kappa shape index (κ1) is 19.7. The molecule has 5 heteroatoms. The predicted octanol–water partition coefficient (Wildman–Crippen LogP) is 4.78. The number of carbonyl (C=O) groups is 1. The van der Waals surface area contributed by atoms with Crippen LogP contribution in [0.5, 0.6) is 0 Å². The fourth-order valence-corrected chi connectivity index (χ4v) is 3.27. The zero-order valence-electron chi connectivity index (χ0n) is 16.4. The zero-order chi connectivity index (χ0) is 18.4. The molecule has 2 rings (SSSR count). The highest BCUT2D eigenvalue weighted by atomic mass is 16.6. The van der Waals surface area contributed by atoms with E-state index in [0.717, 1.165) is 25.9 Å². The first-order valence-corrected chi connectivity index (χ1v) is 9.56. The van der Waals surface area contributed by atoms with E-state index in [2.05, 4.69) is 29.8 Å². The summed E-state index contributed by atoms with van der Waals surface area (Å²) in [5.41, 5.74) is 0.732. The lowest BCUT2D eigenvalue weighted by Gasteiger charge is -2.27. The number of carbonyl (C=O) groups excluding carboxylic acids is 1. The van der Waals surface area contributed by atoms with E-state index < -0.39 is 5.60 Å². The fourth-order valence-electron chi connectivity index (χ4n) is 3.27. The zero-order valence-corrected chi connectivity index (χ0v) is 16.4. The van der Waals surface area contributed by atoms with Gasteiger partial charge in [0.05, 0.1) is 0 Å². The van der Waals surface area contributed by atoms with Crippen LogP contribution in [-0.2, 0) is 4.74 Å². The lowest BCUT2D eigenvalue weighted by Crippen LogP contribution is -2.38. The molecule has 25 heavy (non-hydrogen) atoms. The number of hydrogen-bond donors (Lipinski definition) is 0. The minimum absolute atomic E-state index is 0.322. The van der Waals surface area contributed by atoms with Crippen molar-refractivity contribution in [3.05, 3.63) is 23.9 Å². The summed E-state index contributed by atoms with van der Waals surface area (Å²) in [5, 5.41) is 0. The molecule has 1 aliphatic rings. The number of rotatable bonds is 6. The van der Waals surface area contributed by atoms with Crippen molar-refractivity contribution in [3.8, 4) is 0 Å². The second kappa shape index (κ2) is 8.65. The van der Waals surface area contributed by atoms with E-state index in [4.69, 9.17) is 4.74 Å². The van der Waals surface area contributed by atoms with Crippen LogP contribution < -0.4 is 4.90 Å². The number of anilines is 1. The number of amides is 1. The van der Waals surface area contributed by atoms with Crippen molar-refractivity contribution < 1.29 is 9.53 Å². The number of nitrogens with zero attached hydrogens (tertiary/aromatic N) is 3. The van der Waals surface area contributed by atoms with E-state index >= 15 is 0 Å². The quantitative estimate of drug-likeness (QED) is 0.743. The molecule has 1 amide bonds. The summed E-state index contributed by atoms with van der Waals surface area (Å²) in [5.74, 6) is 0.674. The van der Waals surface area contributed by atoms with Crippen molar-refractivity contribution in [2.75, 3.05) is 24.5 Å². The number of likely N-dealkylation sites (tertiary alicyclic amines) is 1. The van der Waals surface area contributed by atoms with E-state index in [9.17, 15) is 4.79 Å². The highest BCUT2D eigenvalue weighted by molar-refractivity contribution is 5.86. The van der Waals surface area contributed by atoms with Crippen LogP contribution in [0.4, 0.5) is 10.6 Å². The molecule has 0 aromatic carbocycles. The Hall–Kier alpha value is -1.62. The average molecular weight is 348 g/mol. The van der Waals surface area contributed by atoms with Crippen LogP contribution in [0.3, 0.4) is 0 Å². The highest BCUT2D eigenvalue weighted by Gasteiger charge is 2.26. The molecular weight excluding hydrogens is 314 g/mol. The van der Waals surface area contributed by atoms with E-state index in [1.165, 1.54) is 18.4 Å². The maximum absolute atomic E-state index is 12.6. The van der Waals surface area contributed by atoms with Crippen LogP contribution in [0.15, 0.2) is 18.3 Å². The molecule has 1 atom stereocenters. The Bertz CT molecular complexity index is 551. The lowest BCUT2D eigenvalue weighted by atomic mass is 10.1. The second-order valence-electron chi connectivity index (χ2n) is 7.72. The number of unbranched alkanes of at least 4 members (excludes halogenated alkanes) is 1. The van der Waals surface area contributed by atoms with Gasteiger partial charge in [0, 0.05) is 18.8 Å². The van der Waals surface area contributed by atoms with Crippen LogP contribution in [0.2, 0.25) is 0 Å². The van der Waals surface area contributed by atoms with Gasteiger partial charge in [-0.3, -0.25) is 9.80 Å². The molecule has 5 nitrogen and oxygen atoms in total. The minimum Gasteiger partial charge on any atom is -0.443 e. The van der Waals surface area contributed by atoms with Crippen LogP contribution in [0.25, 0.3) is 0 Å². The number of hydrogen-bond acceptors (Lipinski definition) is 4. The minimum atomic E-state index is -0.507. The molecule has 140 valence electrons. The molecule has 1 aromatic heterocycles. The van der Waals surface area contributed by atoms with Gasteiger partial charge in [-0.15, -0.1) is 0 Å². The molecule has 0 bridgehead atoms. The van der Waals surface area contributed by atoms with E-state index in [1.807, 2.05) is 33.0 Å². The van der Waals surface area contributed by atoms with Gasteiger partial charge in [0.25, 0.3) is 0 Å². The molecule has 1 fully saturated rings. The number of aromatic nitrogens is 1. The van der Waals surface area contributed by atoms with Gasteiger partial charge < -0.3 is 4.74 Å². The predicted molar refractivity (Wildman–Crippen MR) is 102 cm³/mol. The Morgan fingerprint density at radius 1 is 1.36 bits per heavy atom. The summed E-state index contributed by atoms with van der Waals surface area (Å²) in [6, 6.07) is 4.53. The number of ether oxygens (including phenoxy) is 1. The molecular formula is C20H33N3O2. The Labute approximate surface area is 152 Å². The monoisotopic (exact) mass is 347 g/mol. The highest BCUT2D eigenvalue weighted by Crippen LogP contribution is 2.31. The van der Waals surface area contributed by atoms with Crippen molar-refractivity contribution in [1.82, 2.24) is 9.88 Å². The van der Waals surface area contributed by atoms with Gasteiger partial charge in [-0.1, -0.05) is 26.3 Å². The van der Waals surface area contributed by atoms with Crippen LogP contribution in [0, 0.1) is 0 Å². The summed E-state index contributed by atoms with van der Waals surface area (Å²) in [6.07, 6.45) is 5.97. The topological polar surface area (TPSA) is 45.7 Å². The van der Waals surface area contributed by atoms with Gasteiger partial charge in [0.15, 0.2) is 0 Å². The second-order valence-corrected chi connectivity index (χ2v) is 7.72. The Morgan fingerprint density at radius 2 is 2.12 bits per heavy atom. The van der Waals surface area contributed by atoms with Crippen molar-refractivity contribution in [3.63, 3.8) is 0 Å². The maximum Gasteiger partial charge on any atom is 0.416 e. The average Bonchev–Trinajstić information content (AvgIpc) is 3.03. The van der Waals surface area contributed by atoms with E-state index in [1.54, 1.807) is 4.90 Å². The smallest absolute Gasteiger partial charge is 0.416 e. The molecule has 0 saturated carbocycles. The molecule has 1 unspecified atom stereocenters. The summed E-state index contributed by atoms with van der Waals surface area (Å²) in [4.78, 5) is 21.3. The first-order valence-electron chi connectivity index (χ1n) is 9.56. The van der Waals surface area contributed by atoms with Gasteiger partial charge in [0.2, 0.25) is 0 Å². The van der Waals surface area contributed by atoms with E-state index in [0.29, 0.717) is 18.4 Å². The van der Waals surface area contributed by atoms with Crippen molar-refractivity contribution in [2.24, 2.45) is 0 Å². The Morgan fingerprint density at radius 3 is 2.68 bits per heavy atom. The molecule has 0 N–H and O–H groups in total. The molecule has 0 radical (unpaired) electrons. The Kier molecular flexibility index (Phi) is 6.82.